The van der Waals surface area contributed by atoms with E-state index in [9.17, 15) is 8.42 Å². The predicted molar refractivity (Wildman–Crippen MR) is 104 cm³/mol. The lowest BCUT2D eigenvalue weighted by atomic mass is 9.80. The molecule has 1 aromatic heterocycles. The van der Waals surface area contributed by atoms with Crippen LogP contribution in [-0.4, -0.2) is 30.6 Å². The maximum atomic E-state index is 12.2. The van der Waals surface area contributed by atoms with E-state index in [1.807, 2.05) is 24.3 Å². The van der Waals surface area contributed by atoms with E-state index in [4.69, 9.17) is 10.3 Å². The maximum absolute atomic E-state index is 12.2. The third kappa shape index (κ3) is 2.92. The molecule has 0 saturated carbocycles. The molecule has 2 N–H and O–H groups in total. The fourth-order valence-electron chi connectivity index (χ4n) is 4.03. The Morgan fingerprint density at radius 1 is 1.19 bits per heavy atom. The van der Waals surface area contributed by atoms with Crippen LogP contribution in [0, 0.1) is 6.92 Å². The van der Waals surface area contributed by atoms with Crippen molar-refractivity contribution in [3.8, 4) is 11.1 Å². The van der Waals surface area contributed by atoms with Gasteiger partial charge in [0.15, 0.2) is 5.82 Å². The minimum Gasteiger partial charge on any atom is -0.398 e. The molecule has 140 valence electrons. The number of aryl methyl sites for hydroxylation is 1. The standard InChI is InChI=1S/C20H21N3O3S/c1-12-22-19(23-26-12)20(2,11-27(3,24)25)17-9-8-15-14-7-5-4-6-13(14)10-16(15)18(17)21/h4-9H,10-11,21H2,1-3H3/t20-/m1/s1. The quantitative estimate of drug-likeness (QED) is 0.544. The monoisotopic (exact) mass is 383 g/mol. The van der Waals surface area contributed by atoms with Crippen molar-refractivity contribution in [3.63, 3.8) is 0 Å². The van der Waals surface area contributed by atoms with E-state index in [1.54, 1.807) is 13.8 Å². The zero-order valence-corrected chi connectivity index (χ0v) is 16.3. The van der Waals surface area contributed by atoms with Gasteiger partial charge in [-0.1, -0.05) is 41.6 Å². The second-order valence-corrected chi connectivity index (χ2v) is 9.57. The molecule has 0 radical (unpaired) electrons. The van der Waals surface area contributed by atoms with Crippen LogP contribution in [0.2, 0.25) is 0 Å². The summed E-state index contributed by atoms with van der Waals surface area (Å²) in [6.45, 7) is 3.48. The summed E-state index contributed by atoms with van der Waals surface area (Å²) >= 11 is 0. The van der Waals surface area contributed by atoms with Crippen LogP contribution in [0.4, 0.5) is 5.69 Å². The number of fused-ring (bicyclic) bond motifs is 3. The van der Waals surface area contributed by atoms with Crippen molar-refractivity contribution in [1.82, 2.24) is 10.1 Å². The molecule has 0 fully saturated rings. The number of hydrogen-bond donors (Lipinski definition) is 1. The van der Waals surface area contributed by atoms with Gasteiger partial charge in [-0.15, -0.1) is 0 Å². The average Bonchev–Trinajstić information content (AvgIpc) is 3.18. The van der Waals surface area contributed by atoms with Gasteiger partial charge in [0.1, 0.15) is 9.84 Å². The van der Waals surface area contributed by atoms with Crippen molar-refractivity contribution in [2.75, 3.05) is 17.7 Å². The molecule has 4 rings (SSSR count). The van der Waals surface area contributed by atoms with E-state index in [-0.39, 0.29) is 5.75 Å². The lowest BCUT2D eigenvalue weighted by Crippen LogP contribution is -2.34. The highest BCUT2D eigenvalue weighted by molar-refractivity contribution is 7.90. The van der Waals surface area contributed by atoms with Crippen molar-refractivity contribution in [3.05, 3.63) is 64.8 Å². The van der Waals surface area contributed by atoms with Gasteiger partial charge in [-0.05, 0) is 34.7 Å². The number of benzene rings is 2. The molecule has 1 aliphatic carbocycles. The summed E-state index contributed by atoms with van der Waals surface area (Å²) in [4.78, 5) is 4.32. The second kappa shape index (κ2) is 5.92. The number of anilines is 1. The van der Waals surface area contributed by atoms with Gasteiger partial charge < -0.3 is 10.3 Å². The first kappa shape index (κ1) is 17.7. The zero-order chi connectivity index (χ0) is 19.4. The highest BCUT2D eigenvalue weighted by Gasteiger charge is 2.40. The van der Waals surface area contributed by atoms with Gasteiger partial charge in [0.05, 0.1) is 11.2 Å². The highest BCUT2D eigenvalue weighted by atomic mass is 32.2. The number of nitrogen functional groups attached to an aromatic ring is 1. The number of nitrogens with two attached hydrogens (primary N) is 1. The first-order valence-corrected chi connectivity index (χ1v) is 10.7. The van der Waals surface area contributed by atoms with Crippen LogP contribution in [0.25, 0.3) is 11.1 Å². The van der Waals surface area contributed by atoms with Crippen molar-refractivity contribution in [2.45, 2.75) is 25.7 Å². The van der Waals surface area contributed by atoms with E-state index >= 15 is 0 Å². The number of hydrogen-bond acceptors (Lipinski definition) is 6. The van der Waals surface area contributed by atoms with E-state index in [0.717, 1.165) is 17.5 Å². The number of sulfone groups is 1. The Labute approximate surface area is 158 Å². The Morgan fingerprint density at radius 2 is 1.93 bits per heavy atom. The Bertz CT molecular complexity index is 1150. The topological polar surface area (TPSA) is 99.1 Å². The lowest BCUT2D eigenvalue weighted by Gasteiger charge is -2.28. The van der Waals surface area contributed by atoms with E-state index in [2.05, 4.69) is 22.3 Å². The van der Waals surface area contributed by atoms with Gasteiger partial charge >= 0.3 is 0 Å². The summed E-state index contributed by atoms with van der Waals surface area (Å²) in [5.74, 6) is 0.555. The fourth-order valence-corrected chi connectivity index (χ4v) is 5.36. The Balaban J connectivity index is 1.91. The lowest BCUT2D eigenvalue weighted by molar-refractivity contribution is 0.378. The summed E-state index contributed by atoms with van der Waals surface area (Å²) in [6.07, 6.45) is 1.93. The summed E-state index contributed by atoms with van der Waals surface area (Å²) < 4.78 is 29.5. The molecule has 0 unspecified atom stereocenters. The molecule has 2 aromatic carbocycles. The molecule has 0 amide bonds. The molecule has 0 aliphatic heterocycles. The molecule has 27 heavy (non-hydrogen) atoms. The predicted octanol–water partition coefficient (Wildman–Crippen LogP) is 2.88. The van der Waals surface area contributed by atoms with Crippen LogP contribution in [0.5, 0.6) is 0 Å². The molecule has 0 saturated heterocycles. The Morgan fingerprint density at radius 3 is 2.59 bits per heavy atom. The smallest absolute Gasteiger partial charge is 0.223 e. The summed E-state index contributed by atoms with van der Waals surface area (Å²) in [5, 5.41) is 4.02. The molecule has 6 nitrogen and oxygen atoms in total. The molecular weight excluding hydrogens is 362 g/mol. The van der Waals surface area contributed by atoms with Crippen LogP contribution >= 0.6 is 0 Å². The molecule has 1 heterocycles. The highest BCUT2D eigenvalue weighted by Crippen LogP contribution is 2.44. The average molecular weight is 383 g/mol. The third-order valence-electron chi connectivity index (χ3n) is 5.20. The van der Waals surface area contributed by atoms with Crippen molar-refractivity contribution in [1.29, 1.82) is 0 Å². The molecule has 0 bridgehead atoms. The molecule has 3 aromatic rings. The van der Waals surface area contributed by atoms with Gasteiger partial charge in [-0.25, -0.2) is 8.42 Å². The zero-order valence-electron chi connectivity index (χ0n) is 15.5. The summed E-state index contributed by atoms with van der Waals surface area (Å²) in [7, 11) is -3.33. The fraction of sp³-hybridized carbons (Fsp3) is 0.300. The normalized spacial score (nSPS) is 15.2. The van der Waals surface area contributed by atoms with Gasteiger partial charge in [-0.2, -0.15) is 4.98 Å². The van der Waals surface area contributed by atoms with Crippen molar-refractivity contribution >= 4 is 15.5 Å². The minimum absolute atomic E-state index is 0.158. The summed E-state index contributed by atoms with van der Waals surface area (Å²) in [6, 6.07) is 12.1. The maximum Gasteiger partial charge on any atom is 0.223 e. The van der Waals surface area contributed by atoms with E-state index in [0.29, 0.717) is 23.0 Å². The first-order chi connectivity index (χ1) is 12.7. The number of rotatable bonds is 4. The molecule has 0 spiro atoms. The SMILES string of the molecule is Cc1nc([C@](C)(CS(C)(=O)=O)c2ccc3c(c2N)Cc2ccccc2-3)no1. The molecule has 1 aliphatic rings. The van der Waals surface area contributed by atoms with Crippen molar-refractivity contribution < 1.29 is 12.9 Å². The van der Waals surface area contributed by atoms with Gasteiger partial charge in [0, 0.05) is 25.3 Å². The molecule has 1 atom stereocenters. The van der Waals surface area contributed by atoms with Crippen LogP contribution in [0.15, 0.2) is 40.9 Å². The number of aromatic nitrogens is 2. The van der Waals surface area contributed by atoms with Crippen LogP contribution < -0.4 is 5.73 Å². The van der Waals surface area contributed by atoms with Crippen LogP contribution in [0.3, 0.4) is 0 Å². The largest absolute Gasteiger partial charge is 0.398 e. The first-order valence-electron chi connectivity index (χ1n) is 8.68. The van der Waals surface area contributed by atoms with Crippen molar-refractivity contribution in [2.24, 2.45) is 0 Å². The third-order valence-corrected chi connectivity index (χ3v) is 6.30. The molecule has 7 heteroatoms. The summed E-state index contributed by atoms with van der Waals surface area (Å²) in [5.41, 5.74) is 11.4. The van der Waals surface area contributed by atoms with Crippen LogP contribution in [0.1, 0.15) is 35.3 Å². The van der Waals surface area contributed by atoms with Crippen LogP contribution in [-0.2, 0) is 21.7 Å². The van der Waals surface area contributed by atoms with Gasteiger partial charge in [-0.3, -0.25) is 0 Å². The second-order valence-electron chi connectivity index (χ2n) is 7.43. The van der Waals surface area contributed by atoms with E-state index < -0.39 is 15.3 Å². The van der Waals surface area contributed by atoms with Gasteiger partial charge in [0.25, 0.3) is 0 Å². The van der Waals surface area contributed by atoms with Gasteiger partial charge in [0.2, 0.25) is 5.89 Å². The number of nitrogens with zero attached hydrogens (tertiary/aromatic N) is 2. The van der Waals surface area contributed by atoms with E-state index in [1.165, 1.54) is 17.4 Å². The molecular formula is C20H21N3O3S. The Hall–Kier alpha value is -2.67. The Kier molecular flexibility index (Phi) is 3.89. The minimum atomic E-state index is -3.33.